The number of nitrogens with one attached hydrogen (secondary N) is 1. The van der Waals surface area contributed by atoms with Gasteiger partial charge in [-0.25, -0.2) is 13.1 Å². The fraction of sp³-hybridized carbons (Fsp3) is 0.812. The van der Waals surface area contributed by atoms with Crippen molar-refractivity contribution < 1.29 is 22.5 Å². The number of likely N-dealkylation sites (tertiary alicyclic amines) is 1. The fourth-order valence-corrected chi connectivity index (χ4v) is 4.95. The van der Waals surface area contributed by atoms with Crippen LogP contribution in [0.25, 0.3) is 0 Å². The van der Waals surface area contributed by atoms with Crippen molar-refractivity contribution in [3.8, 4) is 0 Å². The summed E-state index contributed by atoms with van der Waals surface area (Å²) in [5.74, 6) is 1.06. The third kappa shape index (κ3) is 3.63. The maximum Gasteiger partial charge on any atom is 0.248 e. The van der Waals surface area contributed by atoms with Gasteiger partial charge in [-0.05, 0) is 39.5 Å². The second kappa shape index (κ2) is 7.24. The van der Waals surface area contributed by atoms with E-state index in [1.807, 2.05) is 6.92 Å². The maximum atomic E-state index is 12.4. The number of carbonyl (C=O) groups is 1. The highest BCUT2D eigenvalue weighted by Gasteiger charge is 2.58. The molecule has 1 N–H and O–H groups in total. The summed E-state index contributed by atoms with van der Waals surface area (Å²) in [7, 11) is -3.30. The molecule has 1 saturated carbocycles. The lowest BCUT2D eigenvalue weighted by Crippen LogP contribution is -2.40. The summed E-state index contributed by atoms with van der Waals surface area (Å²) in [5, 5.41) is 3.90. The summed E-state index contributed by atoms with van der Waals surface area (Å²) in [6, 6.07) is -0.193. The summed E-state index contributed by atoms with van der Waals surface area (Å²) < 4.78 is 37.4. The van der Waals surface area contributed by atoms with E-state index >= 15 is 0 Å². The number of ether oxygens (including phenoxy) is 1. The molecular weight excluding hydrogens is 360 g/mol. The number of aromatic nitrogens is 2. The van der Waals surface area contributed by atoms with Crippen LogP contribution in [-0.2, 0) is 25.0 Å². The van der Waals surface area contributed by atoms with Crippen molar-refractivity contribution in [1.82, 2.24) is 19.8 Å². The van der Waals surface area contributed by atoms with Gasteiger partial charge < -0.3 is 14.2 Å². The number of hydrogen-bond donors (Lipinski definition) is 1. The summed E-state index contributed by atoms with van der Waals surface area (Å²) in [6.07, 6.45) is 1.18. The van der Waals surface area contributed by atoms with Gasteiger partial charge in [0.1, 0.15) is 6.61 Å². The van der Waals surface area contributed by atoms with Crippen LogP contribution < -0.4 is 4.72 Å². The van der Waals surface area contributed by atoms with Gasteiger partial charge in [0, 0.05) is 25.7 Å². The molecule has 146 valence electrons. The van der Waals surface area contributed by atoms with E-state index in [9.17, 15) is 13.2 Å². The lowest BCUT2D eigenvalue weighted by molar-refractivity contribution is -0.135. The minimum atomic E-state index is -3.30. The lowest BCUT2D eigenvalue weighted by atomic mass is 9.80. The predicted octanol–water partition coefficient (Wildman–Crippen LogP) is 0.212. The van der Waals surface area contributed by atoms with Gasteiger partial charge in [0.2, 0.25) is 21.8 Å². The fourth-order valence-electron chi connectivity index (χ4n) is 4.10. The molecule has 3 rings (SSSR count). The molecule has 0 aromatic carbocycles. The van der Waals surface area contributed by atoms with E-state index in [2.05, 4.69) is 14.9 Å². The van der Waals surface area contributed by atoms with Crippen molar-refractivity contribution in [2.75, 3.05) is 32.1 Å². The van der Waals surface area contributed by atoms with Gasteiger partial charge in [-0.2, -0.15) is 4.98 Å². The highest BCUT2D eigenvalue weighted by Crippen LogP contribution is 2.50. The molecule has 9 nitrogen and oxygen atoms in total. The van der Waals surface area contributed by atoms with E-state index in [4.69, 9.17) is 9.26 Å². The number of hydrogen-bond acceptors (Lipinski definition) is 7. The van der Waals surface area contributed by atoms with Crippen LogP contribution in [0.5, 0.6) is 0 Å². The Bertz CT molecular complexity index is 764. The maximum absolute atomic E-state index is 12.4. The number of rotatable bonds is 7. The molecule has 0 spiro atoms. The minimum absolute atomic E-state index is 0.0415. The number of aryl methyl sites for hydroxylation is 1. The third-order valence-corrected chi connectivity index (χ3v) is 6.79. The average molecular weight is 386 g/mol. The highest BCUT2D eigenvalue weighted by molar-refractivity contribution is 7.89. The summed E-state index contributed by atoms with van der Waals surface area (Å²) >= 11 is 0. The molecule has 3 atom stereocenters. The van der Waals surface area contributed by atoms with Crippen molar-refractivity contribution >= 4 is 15.9 Å². The van der Waals surface area contributed by atoms with Gasteiger partial charge in [-0.3, -0.25) is 4.79 Å². The van der Waals surface area contributed by atoms with E-state index in [0.29, 0.717) is 44.3 Å². The van der Waals surface area contributed by atoms with Gasteiger partial charge in [-0.1, -0.05) is 5.16 Å². The first-order valence-corrected chi connectivity index (χ1v) is 10.6. The number of fused-ring (bicyclic) bond motifs is 1. The van der Waals surface area contributed by atoms with Crippen LogP contribution in [-0.4, -0.2) is 67.5 Å². The normalized spacial score (nSPS) is 28.5. The lowest BCUT2D eigenvalue weighted by Gasteiger charge is -2.25. The van der Waals surface area contributed by atoms with Crippen LogP contribution in [0.3, 0.4) is 0 Å². The minimum Gasteiger partial charge on any atom is -0.372 e. The zero-order valence-corrected chi connectivity index (χ0v) is 16.2. The Morgan fingerprint density at radius 1 is 1.46 bits per heavy atom. The first-order chi connectivity index (χ1) is 12.3. The van der Waals surface area contributed by atoms with E-state index in [1.165, 1.54) is 0 Å². The zero-order chi connectivity index (χ0) is 18.9. The molecule has 1 aliphatic carbocycles. The molecule has 10 heteroatoms. The van der Waals surface area contributed by atoms with Gasteiger partial charge >= 0.3 is 0 Å². The molecule has 1 aromatic heterocycles. The van der Waals surface area contributed by atoms with Crippen LogP contribution in [0, 0.1) is 12.8 Å². The van der Waals surface area contributed by atoms with Crippen molar-refractivity contribution in [2.24, 2.45) is 5.92 Å². The van der Waals surface area contributed by atoms with E-state index in [0.717, 1.165) is 0 Å². The third-order valence-electron chi connectivity index (χ3n) is 5.34. The summed E-state index contributed by atoms with van der Waals surface area (Å²) in [6.45, 7) is 6.72. The first kappa shape index (κ1) is 19.2. The summed E-state index contributed by atoms with van der Waals surface area (Å²) in [4.78, 5) is 18.6. The van der Waals surface area contributed by atoms with Crippen LogP contribution in [0.2, 0.25) is 0 Å². The quantitative estimate of drug-likeness (QED) is 0.712. The van der Waals surface area contributed by atoms with E-state index in [1.54, 1.807) is 18.7 Å². The smallest absolute Gasteiger partial charge is 0.248 e. The highest BCUT2D eigenvalue weighted by atomic mass is 32.2. The first-order valence-electron chi connectivity index (χ1n) is 8.96. The van der Waals surface area contributed by atoms with Gasteiger partial charge in [-0.15, -0.1) is 0 Å². The molecule has 2 aliphatic rings. The van der Waals surface area contributed by atoms with Crippen molar-refractivity contribution in [3.63, 3.8) is 0 Å². The number of nitrogens with zero attached hydrogens (tertiary/aromatic N) is 3. The monoisotopic (exact) mass is 386 g/mol. The van der Waals surface area contributed by atoms with Crippen molar-refractivity contribution in [3.05, 3.63) is 11.7 Å². The molecule has 1 saturated heterocycles. The Kier molecular flexibility index (Phi) is 5.36. The van der Waals surface area contributed by atoms with Crippen LogP contribution in [0.1, 0.15) is 38.4 Å². The van der Waals surface area contributed by atoms with Gasteiger partial charge in [0.05, 0.1) is 11.2 Å². The zero-order valence-electron chi connectivity index (χ0n) is 15.4. The van der Waals surface area contributed by atoms with Crippen LogP contribution in [0.15, 0.2) is 4.52 Å². The average Bonchev–Trinajstić information content (AvgIpc) is 3.24. The Hall–Kier alpha value is -1.52. The molecule has 0 unspecified atom stereocenters. The van der Waals surface area contributed by atoms with Crippen LogP contribution >= 0.6 is 0 Å². The second-order valence-corrected chi connectivity index (χ2v) is 9.11. The Morgan fingerprint density at radius 2 is 2.23 bits per heavy atom. The number of sulfonamides is 1. The molecule has 0 radical (unpaired) electrons. The van der Waals surface area contributed by atoms with Gasteiger partial charge in [0.25, 0.3) is 0 Å². The predicted molar refractivity (Wildman–Crippen MR) is 92.9 cm³/mol. The van der Waals surface area contributed by atoms with Gasteiger partial charge in [0.15, 0.2) is 5.82 Å². The second-order valence-electron chi connectivity index (χ2n) is 7.07. The number of amides is 1. The van der Waals surface area contributed by atoms with E-state index in [-0.39, 0.29) is 30.2 Å². The molecule has 2 heterocycles. The largest absolute Gasteiger partial charge is 0.372 e. The Morgan fingerprint density at radius 3 is 2.85 bits per heavy atom. The molecule has 0 bridgehead atoms. The standard InChI is InChI=1S/C16H26N4O5S/c1-4-24-9-14(21)20-8-12-6-13(19-26(22,23)5-2)7-16(12,10-20)15-17-11(3)18-25-15/h12-13,19H,4-10H2,1-3H3/t12-,13+,16-/m0/s1. The van der Waals surface area contributed by atoms with Crippen molar-refractivity contribution in [1.29, 1.82) is 0 Å². The summed E-state index contributed by atoms with van der Waals surface area (Å²) in [5.41, 5.74) is -0.510. The Labute approximate surface area is 153 Å². The molecule has 1 amide bonds. The molecule has 26 heavy (non-hydrogen) atoms. The number of carbonyl (C=O) groups excluding carboxylic acids is 1. The van der Waals surface area contributed by atoms with Crippen molar-refractivity contribution in [2.45, 2.75) is 45.1 Å². The Balaban J connectivity index is 1.82. The molecule has 2 fully saturated rings. The van der Waals surface area contributed by atoms with Crippen LogP contribution in [0.4, 0.5) is 0 Å². The SMILES string of the molecule is CCOCC(=O)N1C[C@@H]2C[C@@H](NS(=O)(=O)CC)C[C@]2(c2nc(C)no2)C1. The topological polar surface area (TPSA) is 115 Å². The molecule has 1 aromatic rings. The van der Waals surface area contributed by atoms with E-state index < -0.39 is 15.4 Å². The molecular formula is C16H26N4O5S. The molecule has 1 aliphatic heterocycles.